The van der Waals surface area contributed by atoms with E-state index in [2.05, 4.69) is 26.4 Å². The minimum Gasteiger partial charge on any atom is -0.492 e. The first-order valence-corrected chi connectivity index (χ1v) is 12.3. The van der Waals surface area contributed by atoms with Gasteiger partial charge in [-0.25, -0.2) is 18.3 Å². The fourth-order valence-electron chi connectivity index (χ4n) is 4.74. The number of nitrogens with one attached hydrogen (secondary N) is 1. The molecule has 38 heavy (non-hydrogen) atoms. The van der Waals surface area contributed by atoms with Crippen molar-refractivity contribution in [2.45, 2.75) is 32.2 Å². The monoisotopic (exact) mass is 516 g/mol. The van der Waals surface area contributed by atoms with Crippen molar-refractivity contribution in [2.24, 2.45) is 0 Å². The van der Waals surface area contributed by atoms with E-state index < -0.39 is 23.1 Å². The highest BCUT2D eigenvalue weighted by atomic mass is 19.1. The van der Waals surface area contributed by atoms with Crippen molar-refractivity contribution < 1.29 is 18.3 Å². The predicted molar refractivity (Wildman–Crippen MR) is 138 cm³/mol. The molecular weight excluding hydrogens is 490 g/mol. The summed E-state index contributed by atoms with van der Waals surface area (Å²) < 4.78 is 34.9. The number of amides is 1. The van der Waals surface area contributed by atoms with Crippen LogP contribution in [0.5, 0.6) is 5.75 Å². The smallest absolute Gasteiger partial charge is 0.254 e. The van der Waals surface area contributed by atoms with Gasteiger partial charge in [-0.05, 0) is 63.1 Å². The Morgan fingerprint density at radius 2 is 1.97 bits per heavy atom. The number of aromatic nitrogens is 3. The highest BCUT2D eigenvalue weighted by Crippen LogP contribution is 2.32. The Labute approximate surface area is 218 Å². The van der Waals surface area contributed by atoms with Crippen LogP contribution in [0.2, 0.25) is 0 Å². The third kappa shape index (κ3) is 4.87. The van der Waals surface area contributed by atoms with Crippen molar-refractivity contribution in [3.8, 4) is 22.9 Å². The highest BCUT2D eigenvalue weighted by molar-refractivity contribution is 5.95. The van der Waals surface area contributed by atoms with Gasteiger partial charge in [0.25, 0.3) is 5.91 Å². The largest absolute Gasteiger partial charge is 0.492 e. The molecule has 0 spiro atoms. The highest BCUT2D eigenvalue weighted by Gasteiger charge is 2.33. The minimum absolute atomic E-state index is 0.300. The Bertz CT molecular complexity index is 1540. The molecule has 10 heteroatoms. The molecule has 8 nitrogen and oxygen atoms in total. The topological polar surface area (TPSA) is 95.5 Å². The lowest BCUT2D eigenvalue weighted by atomic mass is 9.89. The fraction of sp³-hybridized carbons (Fsp3) is 0.286. The SMILES string of the molecule is CCOc1cc(-c2ccc(N3CCC(C)(NC(=O)c4cc(F)ccc4F)CC3)nc2)c2c(C#N)cnn2c1. The second kappa shape index (κ2) is 10.1. The zero-order valence-corrected chi connectivity index (χ0v) is 21.0. The van der Waals surface area contributed by atoms with Crippen molar-refractivity contribution in [3.05, 3.63) is 77.8 Å². The van der Waals surface area contributed by atoms with Gasteiger partial charge in [-0.2, -0.15) is 10.4 Å². The second-order valence-electron chi connectivity index (χ2n) is 9.52. The lowest BCUT2D eigenvalue weighted by molar-refractivity contribution is 0.0887. The standard InChI is InChI=1S/C28H26F2N6O2/c1-3-38-21-13-22(26-19(14-31)16-33-36(26)17-21)18-4-7-25(32-15-18)35-10-8-28(2,9-11-35)34-27(37)23-12-20(29)5-6-24(23)30/h4-7,12-13,15-17H,3,8-11H2,1-2H3,(H,34,37). The van der Waals surface area contributed by atoms with Gasteiger partial charge in [-0.1, -0.05) is 0 Å². The summed E-state index contributed by atoms with van der Waals surface area (Å²) >= 11 is 0. The van der Waals surface area contributed by atoms with Crippen LogP contribution in [0.1, 0.15) is 42.6 Å². The predicted octanol–water partition coefficient (Wildman–Crippen LogP) is 4.73. The first-order chi connectivity index (χ1) is 18.3. The molecule has 1 aliphatic rings. The number of nitriles is 1. The number of piperidine rings is 1. The Morgan fingerprint density at radius 3 is 2.66 bits per heavy atom. The van der Waals surface area contributed by atoms with Crippen LogP contribution in [0.4, 0.5) is 14.6 Å². The van der Waals surface area contributed by atoms with Gasteiger partial charge in [0.2, 0.25) is 0 Å². The molecule has 5 rings (SSSR count). The number of pyridine rings is 2. The summed E-state index contributed by atoms with van der Waals surface area (Å²) in [4.78, 5) is 19.4. The molecule has 1 amide bonds. The van der Waals surface area contributed by atoms with E-state index in [1.54, 1.807) is 16.9 Å². The van der Waals surface area contributed by atoms with Crippen molar-refractivity contribution in [1.29, 1.82) is 5.26 Å². The Balaban J connectivity index is 1.31. The van der Waals surface area contributed by atoms with Crippen molar-refractivity contribution in [3.63, 3.8) is 0 Å². The number of carbonyl (C=O) groups excluding carboxylic acids is 1. The summed E-state index contributed by atoms with van der Waals surface area (Å²) in [7, 11) is 0. The fourth-order valence-corrected chi connectivity index (χ4v) is 4.74. The van der Waals surface area contributed by atoms with E-state index in [0.717, 1.165) is 35.1 Å². The lowest BCUT2D eigenvalue weighted by Gasteiger charge is -2.40. The number of hydrogen-bond donors (Lipinski definition) is 1. The van der Waals surface area contributed by atoms with Crippen molar-refractivity contribution >= 4 is 17.2 Å². The van der Waals surface area contributed by atoms with E-state index in [-0.39, 0.29) is 5.56 Å². The first-order valence-electron chi connectivity index (χ1n) is 12.3. The second-order valence-corrected chi connectivity index (χ2v) is 9.52. The molecule has 0 atom stereocenters. The number of anilines is 1. The van der Waals surface area contributed by atoms with Gasteiger partial charge in [-0.15, -0.1) is 0 Å². The van der Waals surface area contributed by atoms with Gasteiger partial charge in [0, 0.05) is 36.0 Å². The molecule has 0 unspecified atom stereocenters. The third-order valence-corrected chi connectivity index (χ3v) is 6.86. The molecule has 1 aromatic carbocycles. The van der Waals surface area contributed by atoms with Crippen molar-refractivity contribution in [2.75, 3.05) is 24.6 Å². The maximum atomic E-state index is 14.0. The molecule has 3 aromatic heterocycles. The zero-order chi connectivity index (χ0) is 26.9. The molecule has 0 saturated carbocycles. The average Bonchev–Trinajstić information content (AvgIpc) is 3.33. The lowest BCUT2D eigenvalue weighted by Crippen LogP contribution is -2.53. The summed E-state index contributed by atoms with van der Waals surface area (Å²) in [6.07, 6.45) is 6.26. The van der Waals surface area contributed by atoms with Crippen LogP contribution in [-0.2, 0) is 0 Å². The van der Waals surface area contributed by atoms with Crippen LogP contribution in [0.25, 0.3) is 16.6 Å². The number of carbonyl (C=O) groups is 1. The number of hydrogen-bond acceptors (Lipinski definition) is 6. The number of rotatable bonds is 6. The van der Waals surface area contributed by atoms with Gasteiger partial charge in [-0.3, -0.25) is 4.79 Å². The number of benzene rings is 1. The number of halogens is 2. The Morgan fingerprint density at radius 1 is 1.18 bits per heavy atom. The molecule has 1 fully saturated rings. The third-order valence-electron chi connectivity index (χ3n) is 6.86. The number of ether oxygens (including phenoxy) is 1. The summed E-state index contributed by atoms with van der Waals surface area (Å²) in [5.41, 5.74) is 1.90. The van der Waals surface area contributed by atoms with Crippen LogP contribution < -0.4 is 15.0 Å². The van der Waals surface area contributed by atoms with Gasteiger partial charge in [0.15, 0.2) is 0 Å². The van der Waals surface area contributed by atoms with E-state index in [1.807, 2.05) is 32.0 Å². The van der Waals surface area contributed by atoms with E-state index in [0.29, 0.717) is 49.4 Å². The van der Waals surface area contributed by atoms with Gasteiger partial charge >= 0.3 is 0 Å². The Kier molecular flexibility index (Phi) is 6.68. The number of fused-ring (bicyclic) bond motifs is 1. The molecule has 0 bridgehead atoms. The van der Waals surface area contributed by atoms with E-state index in [1.165, 1.54) is 6.20 Å². The van der Waals surface area contributed by atoms with E-state index in [9.17, 15) is 18.8 Å². The molecule has 194 valence electrons. The summed E-state index contributed by atoms with van der Waals surface area (Å²) in [6.45, 7) is 5.56. The first kappa shape index (κ1) is 25.1. The zero-order valence-electron chi connectivity index (χ0n) is 21.0. The quantitative estimate of drug-likeness (QED) is 0.398. The van der Waals surface area contributed by atoms with Crippen LogP contribution in [-0.4, -0.2) is 45.7 Å². The maximum absolute atomic E-state index is 14.0. The molecule has 4 heterocycles. The van der Waals surface area contributed by atoms with Crippen LogP contribution in [0.3, 0.4) is 0 Å². The molecule has 0 aliphatic carbocycles. The summed E-state index contributed by atoms with van der Waals surface area (Å²) in [5.74, 6) is -0.617. The normalized spacial score (nSPS) is 14.8. The van der Waals surface area contributed by atoms with Crippen LogP contribution in [0, 0.1) is 23.0 Å². The van der Waals surface area contributed by atoms with Crippen LogP contribution >= 0.6 is 0 Å². The van der Waals surface area contributed by atoms with Crippen LogP contribution in [0.15, 0.2) is 55.0 Å². The van der Waals surface area contributed by atoms with Gasteiger partial charge in [0.05, 0.1) is 35.6 Å². The maximum Gasteiger partial charge on any atom is 0.254 e. The molecule has 1 N–H and O–H groups in total. The van der Waals surface area contributed by atoms with E-state index in [4.69, 9.17) is 4.74 Å². The molecule has 4 aromatic rings. The summed E-state index contributed by atoms with van der Waals surface area (Å²) in [6, 6.07) is 10.8. The summed E-state index contributed by atoms with van der Waals surface area (Å²) in [5, 5.41) is 16.7. The van der Waals surface area contributed by atoms with Gasteiger partial charge in [0.1, 0.15) is 29.3 Å². The van der Waals surface area contributed by atoms with Crippen molar-refractivity contribution in [1.82, 2.24) is 19.9 Å². The van der Waals surface area contributed by atoms with Gasteiger partial charge < -0.3 is 15.0 Å². The molecule has 0 radical (unpaired) electrons. The minimum atomic E-state index is -0.754. The Hall–Kier alpha value is -4.52. The molecule has 1 aliphatic heterocycles. The van der Waals surface area contributed by atoms with E-state index >= 15 is 0 Å². The molecular formula is C28H26F2N6O2. The number of nitrogens with zero attached hydrogens (tertiary/aromatic N) is 5. The average molecular weight is 517 g/mol. The molecule has 1 saturated heterocycles.